The fourth-order valence-electron chi connectivity index (χ4n) is 5.57. The minimum absolute atomic E-state index is 0.0488. The number of hydrogen-bond donors (Lipinski definition) is 2. The molecule has 2 atom stereocenters. The van der Waals surface area contributed by atoms with E-state index in [4.69, 9.17) is 0 Å². The molecule has 0 fully saturated rings. The molecule has 2 N–H and O–H groups in total. The summed E-state index contributed by atoms with van der Waals surface area (Å²) in [5.74, 6) is -3.81. The van der Waals surface area contributed by atoms with E-state index < -0.39 is 29.7 Å². The van der Waals surface area contributed by atoms with Crippen LogP contribution in [0, 0.1) is 0 Å². The zero-order valence-corrected chi connectivity index (χ0v) is 20.2. The highest BCUT2D eigenvalue weighted by atomic mass is 16.4. The monoisotopic (exact) mass is 514 g/mol. The SMILES string of the molecule is O=C(O)c1ccc2c(c1)C(=O)C(c1ccc3cccc(N4C(=O)c5cc6ccccc6cc5C4O)c3n1)C2=O. The zero-order chi connectivity index (χ0) is 27.0. The van der Waals surface area contributed by atoms with E-state index in [1.807, 2.05) is 24.3 Å². The Morgan fingerprint density at radius 3 is 2.23 bits per heavy atom. The molecule has 1 aliphatic heterocycles. The first kappa shape index (κ1) is 22.9. The number of ketones is 2. The number of aliphatic hydroxyl groups is 1. The quantitative estimate of drug-likeness (QED) is 0.328. The molecule has 0 saturated heterocycles. The highest BCUT2D eigenvalue weighted by Gasteiger charge is 2.42. The molecular weight excluding hydrogens is 496 g/mol. The van der Waals surface area contributed by atoms with Crippen LogP contribution in [0.3, 0.4) is 0 Å². The smallest absolute Gasteiger partial charge is 0.335 e. The average Bonchev–Trinajstić information content (AvgIpc) is 3.34. The van der Waals surface area contributed by atoms with Gasteiger partial charge in [-0.3, -0.25) is 19.3 Å². The largest absolute Gasteiger partial charge is 0.478 e. The molecule has 0 radical (unpaired) electrons. The second-order valence-corrected chi connectivity index (χ2v) is 9.65. The third-order valence-electron chi connectivity index (χ3n) is 7.49. The number of Topliss-reactive ketones (excluding diaryl/α,β-unsaturated/α-hetero) is 2. The molecule has 7 rings (SSSR count). The number of benzene rings is 4. The number of aromatic carboxylic acids is 1. The Morgan fingerprint density at radius 1 is 0.744 bits per heavy atom. The fraction of sp³-hybridized carbons (Fsp3) is 0.0645. The normalized spacial score (nSPS) is 18.2. The number of fused-ring (bicyclic) bond motifs is 4. The molecule has 8 heteroatoms. The number of aromatic nitrogens is 1. The van der Waals surface area contributed by atoms with E-state index in [2.05, 4.69) is 4.98 Å². The number of nitrogens with zero attached hydrogens (tertiary/aromatic N) is 2. The predicted molar refractivity (Wildman–Crippen MR) is 142 cm³/mol. The van der Waals surface area contributed by atoms with Crippen LogP contribution < -0.4 is 4.90 Å². The first-order valence-corrected chi connectivity index (χ1v) is 12.2. The summed E-state index contributed by atoms with van der Waals surface area (Å²) >= 11 is 0. The van der Waals surface area contributed by atoms with E-state index in [0.29, 0.717) is 27.7 Å². The maximum atomic E-state index is 13.6. The van der Waals surface area contributed by atoms with Gasteiger partial charge in [0.05, 0.1) is 22.5 Å². The molecule has 0 saturated carbocycles. The summed E-state index contributed by atoms with van der Waals surface area (Å²) in [6.07, 6.45) is -1.25. The minimum atomic E-state index is -1.25. The van der Waals surface area contributed by atoms with E-state index in [-0.39, 0.29) is 28.3 Å². The summed E-state index contributed by atoms with van der Waals surface area (Å²) in [4.78, 5) is 57.4. The number of carboxylic acid groups (broad SMARTS) is 1. The number of carboxylic acids is 1. The molecule has 2 heterocycles. The number of anilines is 1. The van der Waals surface area contributed by atoms with Gasteiger partial charge in [-0.2, -0.15) is 0 Å². The summed E-state index contributed by atoms with van der Waals surface area (Å²) in [6.45, 7) is 0. The first-order chi connectivity index (χ1) is 18.8. The Hall–Kier alpha value is -5.21. The van der Waals surface area contributed by atoms with Gasteiger partial charge in [0.1, 0.15) is 5.92 Å². The van der Waals surface area contributed by atoms with Crippen LogP contribution in [-0.2, 0) is 0 Å². The van der Waals surface area contributed by atoms with Crippen LogP contribution in [0.1, 0.15) is 64.8 Å². The van der Waals surface area contributed by atoms with Gasteiger partial charge >= 0.3 is 5.97 Å². The molecule has 0 bridgehead atoms. The highest BCUT2D eigenvalue weighted by Crippen LogP contribution is 2.41. The van der Waals surface area contributed by atoms with Gasteiger partial charge < -0.3 is 10.2 Å². The van der Waals surface area contributed by atoms with Gasteiger partial charge in [-0.25, -0.2) is 9.78 Å². The Balaban J connectivity index is 1.33. The van der Waals surface area contributed by atoms with Crippen molar-refractivity contribution in [2.75, 3.05) is 4.90 Å². The molecule has 188 valence electrons. The maximum absolute atomic E-state index is 13.6. The van der Waals surface area contributed by atoms with Crippen LogP contribution in [0.4, 0.5) is 5.69 Å². The van der Waals surface area contributed by atoms with Crippen LogP contribution in [0.15, 0.2) is 84.9 Å². The van der Waals surface area contributed by atoms with Crippen molar-refractivity contribution in [2.24, 2.45) is 0 Å². The van der Waals surface area contributed by atoms with Crippen molar-refractivity contribution < 1.29 is 29.4 Å². The van der Waals surface area contributed by atoms with Crippen molar-refractivity contribution >= 4 is 50.8 Å². The molecule has 2 aliphatic rings. The first-order valence-electron chi connectivity index (χ1n) is 12.2. The number of pyridine rings is 1. The molecule has 1 amide bonds. The van der Waals surface area contributed by atoms with Crippen molar-refractivity contribution in [1.29, 1.82) is 0 Å². The number of para-hydroxylation sites is 1. The lowest BCUT2D eigenvalue weighted by Crippen LogP contribution is -2.28. The summed E-state index contributed by atoms with van der Waals surface area (Å²) in [5.41, 5.74) is 1.86. The second-order valence-electron chi connectivity index (χ2n) is 9.65. The molecule has 1 aromatic heterocycles. The van der Waals surface area contributed by atoms with Crippen molar-refractivity contribution in [3.63, 3.8) is 0 Å². The Kier molecular flexibility index (Phi) is 4.79. The number of aliphatic hydroxyl groups excluding tert-OH is 1. The maximum Gasteiger partial charge on any atom is 0.335 e. The number of carbonyl (C=O) groups is 4. The Morgan fingerprint density at radius 2 is 1.46 bits per heavy atom. The van der Waals surface area contributed by atoms with Crippen molar-refractivity contribution in [3.05, 3.63) is 118 Å². The van der Waals surface area contributed by atoms with Gasteiger partial charge in [0.15, 0.2) is 17.8 Å². The van der Waals surface area contributed by atoms with Crippen LogP contribution in [-0.4, -0.2) is 38.6 Å². The molecule has 2 unspecified atom stereocenters. The molecule has 1 aliphatic carbocycles. The van der Waals surface area contributed by atoms with E-state index in [0.717, 1.165) is 10.8 Å². The standard InChI is InChI=1S/C31H18N2O6/c34-27-19-10-8-18(31(38)39)14-20(19)28(35)25(27)23-11-9-15-6-3-7-24(26(15)32-23)33-29(36)21-12-16-4-1-2-5-17(16)13-22(21)30(33)37/h1-14,25,29,36H,(H,38,39). The molecular formula is C31H18N2O6. The van der Waals surface area contributed by atoms with Crippen LogP contribution in [0.2, 0.25) is 0 Å². The third-order valence-corrected chi connectivity index (χ3v) is 7.49. The van der Waals surface area contributed by atoms with E-state index in [1.165, 1.54) is 23.1 Å². The van der Waals surface area contributed by atoms with Crippen molar-refractivity contribution in [1.82, 2.24) is 4.98 Å². The van der Waals surface area contributed by atoms with E-state index >= 15 is 0 Å². The second kappa shape index (κ2) is 8.14. The summed E-state index contributed by atoms with van der Waals surface area (Å²) in [7, 11) is 0. The van der Waals surface area contributed by atoms with Gasteiger partial charge in [-0.05, 0) is 53.2 Å². The molecule has 0 spiro atoms. The average molecular weight is 514 g/mol. The van der Waals surface area contributed by atoms with Crippen molar-refractivity contribution in [3.8, 4) is 0 Å². The van der Waals surface area contributed by atoms with Gasteiger partial charge in [0.2, 0.25) is 0 Å². The number of rotatable bonds is 3. The predicted octanol–water partition coefficient (Wildman–Crippen LogP) is 4.90. The lowest BCUT2D eigenvalue weighted by molar-refractivity contribution is 0.0696. The van der Waals surface area contributed by atoms with Crippen molar-refractivity contribution in [2.45, 2.75) is 12.1 Å². The van der Waals surface area contributed by atoms with E-state index in [1.54, 1.807) is 42.5 Å². The summed E-state index contributed by atoms with van der Waals surface area (Å²) in [6, 6.07) is 23.5. The number of hydrogen-bond acceptors (Lipinski definition) is 6. The molecule has 5 aromatic rings. The van der Waals surface area contributed by atoms with Gasteiger partial charge in [-0.15, -0.1) is 0 Å². The van der Waals surface area contributed by atoms with Crippen LogP contribution in [0.25, 0.3) is 21.7 Å². The molecule has 8 nitrogen and oxygen atoms in total. The van der Waals surface area contributed by atoms with Gasteiger partial charge in [0, 0.05) is 27.6 Å². The lowest BCUT2D eigenvalue weighted by atomic mass is 9.98. The lowest BCUT2D eigenvalue weighted by Gasteiger charge is -2.22. The number of amides is 1. The zero-order valence-electron chi connectivity index (χ0n) is 20.2. The Labute approximate surface area is 220 Å². The Bertz CT molecular complexity index is 1950. The van der Waals surface area contributed by atoms with E-state index in [9.17, 15) is 29.4 Å². The highest BCUT2D eigenvalue weighted by molar-refractivity contribution is 6.30. The fourth-order valence-corrected chi connectivity index (χ4v) is 5.57. The van der Waals surface area contributed by atoms with Gasteiger partial charge in [0.25, 0.3) is 5.91 Å². The molecule has 4 aromatic carbocycles. The van der Waals surface area contributed by atoms with Gasteiger partial charge in [-0.1, -0.05) is 42.5 Å². The topological polar surface area (TPSA) is 125 Å². The van der Waals surface area contributed by atoms with Crippen LogP contribution >= 0.6 is 0 Å². The minimum Gasteiger partial charge on any atom is -0.478 e. The van der Waals surface area contributed by atoms with Crippen LogP contribution in [0.5, 0.6) is 0 Å². The molecule has 39 heavy (non-hydrogen) atoms. The summed E-state index contributed by atoms with van der Waals surface area (Å²) < 4.78 is 0. The number of carbonyl (C=O) groups excluding carboxylic acids is 3. The third kappa shape index (κ3) is 3.25. The summed E-state index contributed by atoms with van der Waals surface area (Å²) in [5, 5.41) is 23.0.